The molecule has 0 radical (unpaired) electrons. The van der Waals surface area contributed by atoms with Gasteiger partial charge in [-0.25, -0.2) is 0 Å². The van der Waals surface area contributed by atoms with Crippen molar-refractivity contribution in [3.05, 3.63) is 45.4 Å². The van der Waals surface area contributed by atoms with Crippen LogP contribution in [0, 0.1) is 6.92 Å². The molecular formula is C16H23BrN4. The lowest BCUT2D eigenvalue weighted by Crippen LogP contribution is -2.22. The predicted molar refractivity (Wildman–Crippen MR) is 89.5 cm³/mol. The fourth-order valence-electron chi connectivity index (χ4n) is 2.60. The third kappa shape index (κ3) is 3.35. The number of nitrogens with zero attached hydrogens (tertiary/aromatic N) is 3. The summed E-state index contributed by atoms with van der Waals surface area (Å²) in [6, 6.07) is 4.28. The van der Waals surface area contributed by atoms with E-state index in [2.05, 4.69) is 62.8 Å². The van der Waals surface area contributed by atoms with E-state index in [1.54, 1.807) is 0 Å². The zero-order chi connectivity index (χ0) is 15.4. The van der Waals surface area contributed by atoms with Crippen LogP contribution in [-0.2, 0) is 19.4 Å². The van der Waals surface area contributed by atoms with Crippen LogP contribution in [0.15, 0.2) is 22.8 Å². The highest BCUT2D eigenvalue weighted by Gasteiger charge is 2.20. The number of halogens is 1. The van der Waals surface area contributed by atoms with Crippen LogP contribution in [0.2, 0.25) is 0 Å². The fourth-order valence-corrected chi connectivity index (χ4v) is 3.33. The molecule has 0 saturated carbocycles. The van der Waals surface area contributed by atoms with E-state index < -0.39 is 0 Å². The first-order valence-electron chi connectivity index (χ1n) is 7.45. The number of aryl methyl sites for hydroxylation is 3. The van der Waals surface area contributed by atoms with Gasteiger partial charge in [0.25, 0.3) is 0 Å². The summed E-state index contributed by atoms with van der Waals surface area (Å²) in [5.41, 5.74) is 4.68. The maximum absolute atomic E-state index is 4.67. The van der Waals surface area contributed by atoms with Gasteiger partial charge in [0.05, 0.1) is 27.6 Å². The Labute approximate surface area is 135 Å². The second-order valence-electron chi connectivity index (χ2n) is 5.13. The molecule has 0 saturated heterocycles. The van der Waals surface area contributed by atoms with Crippen molar-refractivity contribution in [1.82, 2.24) is 20.1 Å². The topological polar surface area (TPSA) is 42.7 Å². The van der Waals surface area contributed by atoms with Gasteiger partial charge in [-0.2, -0.15) is 5.10 Å². The van der Waals surface area contributed by atoms with Gasteiger partial charge < -0.3 is 5.32 Å². The SMILES string of the molecule is CCc1nn(CC)c(CC(NC)c2ncccc2C)c1Br. The Kier molecular flexibility index (Phi) is 5.53. The second-order valence-corrected chi connectivity index (χ2v) is 5.92. The average molecular weight is 351 g/mol. The minimum atomic E-state index is 0.189. The molecule has 0 aromatic carbocycles. The van der Waals surface area contributed by atoms with Crippen molar-refractivity contribution in [2.24, 2.45) is 0 Å². The van der Waals surface area contributed by atoms with Crippen molar-refractivity contribution in [3.8, 4) is 0 Å². The van der Waals surface area contributed by atoms with Crippen LogP contribution in [0.3, 0.4) is 0 Å². The Morgan fingerprint density at radius 1 is 1.38 bits per heavy atom. The summed E-state index contributed by atoms with van der Waals surface area (Å²) >= 11 is 3.72. The first-order valence-corrected chi connectivity index (χ1v) is 8.24. The maximum Gasteiger partial charge on any atom is 0.0766 e. The highest BCUT2D eigenvalue weighted by molar-refractivity contribution is 9.10. The van der Waals surface area contributed by atoms with Gasteiger partial charge in [0.1, 0.15) is 0 Å². The summed E-state index contributed by atoms with van der Waals surface area (Å²) in [7, 11) is 1.99. The molecule has 2 aromatic rings. The van der Waals surface area contributed by atoms with E-state index in [0.717, 1.165) is 35.2 Å². The highest BCUT2D eigenvalue weighted by Crippen LogP contribution is 2.27. The van der Waals surface area contributed by atoms with Gasteiger partial charge in [-0.3, -0.25) is 9.67 Å². The van der Waals surface area contributed by atoms with E-state index in [4.69, 9.17) is 0 Å². The summed E-state index contributed by atoms with van der Waals surface area (Å²) in [6.45, 7) is 7.25. The quantitative estimate of drug-likeness (QED) is 0.867. The molecule has 0 aliphatic heterocycles. The lowest BCUT2D eigenvalue weighted by molar-refractivity contribution is 0.528. The number of hydrogen-bond acceptors (Lipinski definition) is 3. The molecule has 114 valence electrons. The molecule has 2 rings (SSSR count). The minimum absolute atomic E-state index is 0.189. The number of rotatable bonds is 6. The van der Waals surface area contributed by atoms with E-state index in [1.807, 2.05) is 19.3 Å². The summed E-state index contributed by atoms with van der Waals surface area (Å²) in [6.07, 6.45) is 3.67. The Morgan fingerprint density at radius 2 is 2.14 bits per heavy atom. The molecule has 2 aromatic heterocycles. The molecule has 0 amide bonds. The molecule has 21 heavy (non-hydrogen) atoms. The third-order valence-electron chi connectivity index (χ3n) is 3.82. The Balaban J connectivity index is 2.35. The van der Waals surface area contributed by atoms with E-state index in [1.165, 1.54) is 11.3 Å². The van der Waals surface area contributed by atoms with E-state index in [0.29, 0.717) is 0 Å². The van der Waals surface area contributed by atoms with Gasteiger partial charge in [-0.05, 0) is 54.9 Å². The normalized spacial score (nSPS) is 12.6. The zero-order valence-electron chi connectivity index (χ0n) is 13.2. The number of aromatic nitrogens is 3. The molecule has 4 nitrogen and oxygen atoms in total. The number of hydrogen-bond donors (Lipinski definition) is 1. The molecule has 1 unspecified atom stereocenters. The van der Waals surface area contributed by atoms with Crippen molar-refractivity contribution in [2.45, 2.75) is 46.2 Å². The van der Waals surface area contributed by atoms with Crippen LogP contribution in [-0.4, -0.2) is 21.8 Å². The standard InChI is InChI=1S/C16H23BrN4/c1-5-12-15(17)14(21(6-2)20-12)10-13(18-4)16-11(3)8-7-9-19-16/h7-9,13,18H,5-6,10H2,1-4H3. The molecule has 0 fully saturated rings. The lowest BCUT2D eigenvalue weighted by atomic mass is 10.0. The summed E-state index contributed by atoms with van der Waals surface area (Å²) < 4.78 is 3.23. The Hall–Kier alpha value is -1.20. The van der Waals surface area contributed by atoms with Gasteiger partial charge >= 0.3 is 0 Å². The second kappa shape index (κ2) is 7.18. The van der Waals surface area contributed by atoms with Crippen LogP contribution < -0.4 is 5.32 Å². The first-order chi connectivity index (χ1) is 10.1. The molecule has 1 atom stereocenters. The van der Waals surface area contributed by atoms with Gasteiger partial charge in [-0.15, -0.1) is 0 Å². The molecule has 0 aliphatic rings. The summed E-state index contributed by atoms with van der Waals surface area (Å²) in [5, 5.41) is 8.06. The molecule has 0 spiro atoms. The maximum atomic E-state index is 4.67. The van der Waals surface area contributed by atoms with Gasteiger partial charge in [0, 0.05) is 19.2 Å². The molecule has 2 heterocycles. The van der Waals surface area contributed by atoms with Gasteiger partial charge in [0.15, 0.2) is 0 Å². The lowest BCUT2D eigenvalue weighted by Gasteiger charge is -2.18. The van der Waals surface area contributed by atoms with Crippen LogP contribution in [0.1, 0.15) is 42.5 Å². The smallest absolute Gasteiger partial charge is 0.0766 e. The number of pyridine rings is 1. The number of likely N-dealkylation sites (N-methyl/N-ethyl adjacent to an activating group) is 1. The summed E-state index contributed by atoms with van der Waals surface area (Å²) in [4.78, 5) is 4.55. The molecule has 5 heteroatoms. The summed E-state index contributed by atoms with van der Waals surface area (Å²) in [5.74, 6) is 0. The van der Waals surface area contributed by atoms with Crippen molar-refractivity contribution in [1.29, 1.82) is 0 Å². The van der Waals surface area contributed by atoms with Crippen LogP contribution in [0.5, 0.6) is 0 Å². The van der Waals surface area contributed by atoms with Gasteiger partial charge in [0.2, 0.25) is 0 Å². The molecule has 0 aliphatic carbocycles. The third-order valence-corrected chi connectivity index (χ3v) is 4.74. The fraction of sp³-hybridized carbons (Fsp3) is 0.500. The predicted octanol–water partition coefficient (Wildman–Crippen LogP) is 3.43. The molecule has 1 N–H and O–H groups in total. The van der Waals surface area contributed by atoms with Gasteiger partial charge in [-0.1, -0.05) is 13.0 Å². The van der Waals surface area contributed by atoms with E-state index >= 15 is 0 Å². The average Bonchev–Trinajstić information content (AvgIpc) is 2.81. The Bertz CT molecular complexity index is 606. The van der Waals surface area contributed by atoms with Crippen LogP contribution >= 0.6 is 15.9 Å². The van der Waals surface area contributed by atoms with Crippen molar-refractivity contribution in [2.75, 3.05) is 7.05 Å². The monoisotopic (exact) mass is 350 g/mol. The number of nitrogens with one attached hydrogen (secondary N) is 1. The van der Waals surface area contributed by atoms with Crippen molar-refractivity contribution >= 4 is 15.9 Å². The van der Waals surface area contributed by atoms with Crippen LogP contribution in [0.25, 0.3) is 0 Å². The highest BCUT2D eigenvalue weighted by atomic mass is 79.9. The molecule has 0 bridgehead atoms. The first kappa shape index (κ1) is 16.2. The largest absolute Gasteiger partial charge is 0.311 e. The van der Waals surface area contributed by atoms with E-state index in [9.17, 15) is 0 Å². The van der Waals surface area contributed by atoms with E-state index in [-0.39, 0.29) is 6.04 Å². The van der Waals surface area contributed by atoms with Crippen molar-refractivity contribution in [3.63, 3.8) is 0 Å². The Morgan fingerprint density at radius 3 is 2.71 bits per heavy atom. The van der Waals surface area contributed by atoms with Crippen LogP contribution in [0.4, 0.5) is 0 Å². The zero-order valence-corrected chi connectivity index (χ0v) is 14.7. The minimum Gasteiger partial charge on any atom is -0.311 e. The molecular weight excluding hydrogens is 328 g/mol. The van der Waals surface area contributed by atoms with Crippen molar-refractivity contribution < 1.29 is 0 Å².